The van der Waals surface area contributed by atoms with E-state index < -0.39 is 0 Å². The molecule has 0 amide bonds. The van der Waals surface area contributed by atoms with Crippen molar-refractivity contribution in [3.8, 4) is 0 Å². The number of hydrogen-bond acceptors (Lipinski definition) is 3. The van der Waals surface area contributed by atoms with Crippen LogP contribution in [-0.2, 0) is 4.74 Å². The first kappa shape index (κ1) is 14.3. The summed E-state index contributed by atoms with van der Waals surface area (Å²) in [5.74, 6) is 0.426. The van der Waals surface area contributed by atoms with E-state index in [0.29, 0.717) is 12.0 Å². The number of hydrogen-bond donors (Lipinski definition) is 1. The van der Waals surface area contributed by atoms with Gasteiger partial charge in [0.1, 0.15) is 0 Å². The highest BCUT2D eigenvalue weighted by Crippen LogP contribution is 2.38. The molecule has 1 aliphatic carbocycles. The van der Waals surface area contributed by atoms with Gasteiger partial charge in [0.15, 0.2) is 0 Å². The van der Waals surface area contributed by atoms with E-state index in [-0.39, 0.29) is 5.54 Å². The molecule has 3 rings (SSSR count). The molecule has 2 fully saturated rings. The molecule has 0 saturated carbocycles. The first-order valence-electron chi connectivity index (χ1n) is 8.28. The molecule has 3 atom stereocenters. The molecule has 2 N–H and O–H groups in total. The molecular formula is C17H28N2O. The number of rotatable bonds is 4. The van der Waals surface area contributed by atoms with Crippen LogP contribution in [-0.4, -0.2) is 42.8 Å². The minimum atomic E-state index is 0.0962. The van der Waals surface area contributed by atoms with Crippen molar-refractivity contribution in [2.24, 2.45) is 11.7 Å². The van der Waals surface area contributed by atoms with Gasteiger partial charge in [-0.05, 0) is 45.2 Å². The summed E-state index contributed by atoms with van der Waals surface area (Å²) in [6.07, 6.45) is 17.1. The van der Waals surface area contributed by atoms with Gasteiger partial charge in [0.2, 0.25) is 0 Å². The van der Waals surface area contributed by atoms with E-state index in [1.54, 1.807) is 0 Å². The van der Waals surface area contributed by atoms with Crippen LogP contribution in [0.15, 0.2) is 24.3 Å². The van der Waals surface area contributed by atoms with E-state index in [9.17, 15) is 0 Å². The van der Waals surface area contributed by atoms with Gasteiger partial charge in [0.05, 0.1) is 6.10 Å². The van der Waals surface area contributed by atoms with Gasteiger partial charge in [-0.1, -0.05) is 30.7 Å². The Bertz CT molecular complexity index is 367. The van der Waals surface area contributed by atoms with Gasteiger partial charge in [0, 0.05) is 24.6 Å². The molecule has 2 saturated heterocycles. The average Bonchev–Trinajstić information content (AvgIpc) is 3.01. The summed E-state index contributed by atoms with van der Waals surface area (Å²) in [5, 5.41) is 0. The highest BCUT2D eigenvalue weighted by atomic mass is 16.5. The van der Waals surface area contributed by atoms with Crippen LogP contribution < -0.4 is 5.73 Å². The molecule has 0 aromatic rings. The number of nitrogens with two attached hydrogens (primary N) is 1. The summed E-state index contributed by atoms with van der Waals surface area (Å²) in [4.78, 5) is 2.69. The molecule has 112 valence electrons. The fourth-order valence-corrected chi connectivity index (χ4v) is 4.16. The van der Waals surface area contributed by atoms with Crippen molar-refractivity contribution < 1.29 is 4.74 Å². The van der Waals surface area contributed by atoms with Crippen molar-refractivity contribution in [1.29, 1.82) is 0 Å². The molecule has 0 spiro atoms. The van der Waals surface area contributed by atoms with E-state index in [0.717, 1.165) is 19.6 Å². The topological polar surface area (TPSA) is 38.5 Å². The third kappa shape index (κ3) is 2.72. The molecule has 0 aromatic heterocycles. The van der Waals surface area contributed by atoms with Crippen LogP contribution >= 0.6 is 0 Å². The second kappa shape index (κ2) is 6.42. The maximum absolute atomic E-state index is 6.11. The Morgan fingerprint density at radius 3 is 2.70 bits per heavy atom. The minimum Gasteiger partial charge on any atom is -0.378 e. The van der Waals surface area contributed by atoms with Crippen molar-refractivity contribution in [2.75, 3.05) is 26.2 Å². The lowest BCUT2D eigenvalue weighted by molar-refractivity contribution is 0.0102. The zero-order chi connectivity index (χ0) is 13.8. The summed E-state index contributed by atoms with van der Waals surface area (Å²) >= 11 is 0. The number of allylic oxidation sites excluding steroid dienone is 2. The van der Waals surface area contributed by atoms with Crippen LogP contribution in [0.2, 0.25) is 0 Å². The smallest absolute Gasteiger partial charge is 0.0597 e. The first-order chi connectivity index (χ1) is 9.85. The number of piperidine rings is 1. The number of ether oxygens (including phenoxy) is 1. The molecule has 2 heterocycles. The number of nitrogens with zero attached hydrogens (tertiary/aromatic N) is 1. The molecule has 20 heavy (non-hydrogen) atoms. The fraction of sp³-hybridized carbons (Fsp3) is 0.765. The van der Waals surface area contributed by atoms with E-state index in [2.05, 4.69) is 29.2 Å². The lowest BCUT2D eigenvalue weighted by atomic mass is 9.74. The summed E-state index contributed by atoms with van der Waals surface area (Å²) < 4.78 is 5.94. The van der Waals surface area contributed by atoms with E-state index in [4.69, 9.17) is 10.5 Å². The zero-order valence-electron chi connectivity index (χ0n) is 12.5. The van der Waals surface area contributed by atoms with Gasteiger partial charge in [0.25, 0.3) is 0 Å². The third-order valence-electron chi connectivity index (χ3n) is 5.26. The van der Waals surface area contributed by atoms with Crippen molar-refractivity contribution in [1.82, 2.24) is 4.90 Å². The molecule has 0 radical (unpaired) electrons. The van der Waals surface area contributed by atoms with Crippen LogP contribution in [0.1, 0.15) is 38.5 Å². The Morgan fingerprint density at radius 1 is 1.15 bits per heavy atom. The van der Waals surface area contributed by atoms with Crippen LogP contribution in [0.4, 0.5) is 0 Å². The predicted octanol–water partition coefficient (Wildman–Crippen LogP) is 2.48. The van der Waals surface area contributed by atoms with Crippen LogP contribution in [0.25, 0.3) is 0 Å². The van der Waals surface area contributed by atoms with Gasteiger partial charge in [-0.3, -0.25) is 4.90 Å². The highest BCUT2D eigenvalue weighted by molar-refractivity contribution is 5.26. The van der Waals surface area contributed by atoms with Crippen molar-refractivity contribution in [2.45, 2.75) is 50.2 Å². The standard InChI is InChI=1S/C17H28N2O/c18-14-15-7-2-3-9-17(15,13-16-8-6-12-20-16)19-10-4-1-5-11-19/h2-3,7,9,15-16H,1,4-6,8,10-14,18H2. The molecule has 3 aliphatic rings. The van der Waals surface area contributed by atoms with Crippen LogP contribution in [0, 0.1) is 5.92 Å². The maximum atomic E-state index is 6.11. The minimum absolute atomic E-state index is 0.0962. The third-order valence-corrected chi connectivity index (χ3v) is 5.26. The second-order valence-corrected chi connectivity index (χ2v) is 6.46. The van der Waals surface area contributed by atoms with Gasteiger partial charge in [-0.25, -0.2) is 0 Å². The SMILES string of the molecule is NCC1C=CC=CC1(CC1CCCO1)N1CCCCC1. The van der Waals surface area contributed by atoms with Crippen molar-refractivity contribution in [3.05, 3.63) is 24.3 Å². The van der Waals surface area contributed by atoms with E-state index in [1.165, 1.54) is 45.2 Å². The Morgan fingerprint density at radius 2 is 2.00 bits per heavy atom. The van der Waals surface area contributed by atoms with Gasteiger partial charge in [-0.2, -0.15) is 0 Å². The summed E-state index contributed by atoms with van der Waals surface area (Å²) in [5.41, 5.74) is 6.20. The predicted molar refractivity (Wildman–Crippen MR) is 82.6 cm³/mol. The Balaban J connectivity index is 1.84. The Hall–Kier alpha value is -0.640. The lowest BCUT2D eigenvalue weighted by Gasteiger charge is -2.50. The van der Waals surface area contributed by atoms with Crippen molar-refractivity contribution in [3.63, 3.8) is 0 Å². The molecule has 3 nitrogen and oxygen atoms in total. The van der Waals surface area contributed by atoms with E-state index >= 15 is 0 Å². The average molecular weight is 276 g/mol. The first-order valence-corrected chi connectivity index (χ1v) is 8.28. The van der Waals surface area contributed by atoms with Gasteiger partial charge < -0.3 is 10.5 Å². The zero-order valence-corrected chi connectivity index (χ0v) is 12.5. The Kier molecular flexibility index (Phi) is 4.59. The summed E-state index contributed by atoms with van der Waals surface area (Å²) in [6, 6.07) is 0. The van der Waals surface area contributed by atoms with Crippen molar-refractivity contribution >= 4 is 0 Å². The monoisotopic (exact) mass is 276 g/mol. The second-order valence-electron chi connectivity index (χ2n) is 6.46. The normalized spacial score (nSPS) is 38.5. The molecule has 3 unspecified atom stereocenters. The Labute approximate surface area is 122 Å². The lowest BCUT2D eigenvalue weighted by Crippen LogP contribution is -2.57. The van der Waals surface area contributed by atoms with Crippen LogP contribution in [0.3, 0.4) is 0 Å². The molecule has 0 aromatic carbocycles. The molecule has 2 aliphatic heterocycles. The molecule has 0 bridgehead atoms. The summed E-state index contributed by atoms with van der Waals surface area (Å²) in [6.45, 7) is 4.08. The highest BCUT2D eigenvalue weighted by Gasteiger charge is 2.43. The molecule has 3 heteroatoms. The fourth-order valence-electron chi connectivity index (χ4n) is 4.16. The van der Waals surface area contributed by atoms with Gasteiger partial charge >= 0.3 is 0 Å². The van der Waals surface area contributed by atoms with Crippen LogP contribution in [0.5, 0.6) is 0 Å². The number of likely N-dealkylation sites (tertiary alicyclic amines) is 1. The summed E-state index contributed by atoms with van der Waals surface area (Å²) in [7, 11) is 0. The van der Waals surface area contributed by atoms with E-state index in [1.807, 2.05) is 0 Å². The maximum Gasteiger partial charge on any atom is 0.0597 e. The largest absolute Gasteiger partial charge is 0.378 e. The molecular weight excluding hydrogens is 248 g/mol. The quantitative estimate of drug-likeness (QED) is 0.857. The van der Waals surface area contributed by atoms with Gasteiger partial charge in [-0.15, -0.1) is 0 Å².